The third kappa shape index (κ3) is 4.49. The number of amides is 1. The van der Waals surface area contributed by atoms with Crippen molar-refractivity contribution in [3.63, 3.8) is 0 Å². The quantitative estimate of drug-likeness (QED) is 0.563. The van der Waals surface area contributed by atoms with Crippen LogP contribution in [0.4, 0.5) is 4.39 Å². The Morgan fingerprint density at radius 1 is 1.06 bits per heavy atom. The lowest BCUT2D eigenvalue weighted by Crippen LogP contribution is -2.55. The van der Waals surface area contributed by atoms with Crippen LogP contribution >= 0.6 is 0 Å². The third-order valence-electron chi connectivity index (χ3n) is 5.17. The van der Waals surface area contributed by atoms with E-state index < -0.39 is 34.4 Å². The van der Waals surface area contributed by atoms with Crippen molar-refractivity contribution in [2.45, 2.75) is 6.54 Å². The number of pyridine rings is 1. The van der Waals surface area contributed by atoms with E-state index in [9.17, 15) is 29.0 Å². The Hall–Kier alpha value is -4.34. The molecule has 0 saturated heterocycles. The van der Waals surface area contributed by atoms with Crippen molar-refractivity contribution < 1.29 is 28.9 Å². The van der Waals surface area contributed by atoms with Crippen molar-refractivity contribution in [1.29, 1.82) is 0 Å². The summed E-state index contributed by atoms with van der Waals surface area (Å²) in [5.41, 5.74) is -1.52. The van der Waals surface area contributed by atoms with Crippen molar-refractivity contribution in [2.24, 2.45) is 0 Å². The minimum atomic E-state index is -1.52. The largest absolute Gasteiger partial charge is 0.502 e. The van der Waals surface area contributed by atoms with Gasteiger partial charge in [-0.05, 0) is 29.8 Å². The van der Waals surface area contributed by atoms with Gasteiger partial charge in [0.1, 0.15) is 30.4 Å². The van der Waals surface area contributed by atoms with Crippen LogP contribution in [0, 0.1) is 5.82 Å². The summed E-state index contributed by atoms with van der Waals surface area (Å²) in [7, 11) is 0. The average molecular weight is 453 g/mol. The summed E-state index contributed by atoms with van der Waals surface area (Å²) in [6.45, 7) is 0.486. The molecule has 1 aromatic heterocycles. The highest BCUT2D eigenvalue weighted by molar-refractivity contribution is 5.97. The van der Waals surface area contributed by atoms with Crippen LogP contribution in [-0.2, 0) is 6.54 Å². The zero-order valence-electron chi connectivity index (χ0n) is 17.3. The molecule has 4 rings (SSSR count). The molecule has 2 heterocycles. The number of carbonyl (C=O) groups excluding carboxylic acids is 1. The monoisotopic (exact) mass is 453 g/mol. The zero-order chi connectivity index (χ0) is 23.5. The van der Waals surface area contributed by atoms with E-state index in [2.05, 4.69) is 0 Å². The predicted molar refractivity (Wildman–Crippen MR) is 115 cm³/mol. The molecule has 0 spiro atoms. The van der Waals surface area contributed by atoms with Gasteiger partial charge in [0.25, 0.3) is 5.91 Å². The van der Waals surface area contributed by atoms with Crippen molar-refractivity contribution in [3.05, 3.63) is 93.7 Å². The lowest BCUT2D eigenvalue weighted by atomic mass is 10.1. The number of para-hydroxylation sites is 1. The first kappa shape index (κ1) is 21.9. The molecular formula is C23H20FN3O6. The maximum absolute atomic E-state index is 13.3. The zero-order valence-corrected chi connectivity index (χ0v) is 17.3. The number of halogens is 1. The highest BCUT2D eigenvalue weighted by Gasteiger charge is 2.34. The minimum Gasteiger partial charge on any atom is -0.502 e. The molecule has 1 amide bonds. The molecule has 9 nitrogen and oxygen atoms in total. The van der Waals surface area contributed by atoms with Crippen LogP contribution < -0.4 is 15.2 Å². The Morgan fingerprint density at radius 2 is 1.76 bits per heavy atom. The molecule has 0 atom stereocenters. The second-order valence-electron chi connectivity index (χ2n) is 7.38. The first-order chi connectivity index (χ1) is 15.8. The topological polar surface area (TPSA) is 112 Å². The number of benzene rings is 2. The summed E-state index contributed by atoms with van der Waals surface area (Å²) in [5, 5.41) is 21.4. The van der Waals surface area contributed by atoms with Crippen LogP contribution in [0.2, 0.25) is 0 Å². The second kappa shape index (κ2) is 9.03. The summed E-state index contributed by atoms with van der Waals surface area (Å²) in [6, 6.07) is 14.6. The fourth-order valence-electron chi connectivity index (χ4n) is 3.54. The number of carboxylic acid groups (broad SMARTS) is 1. The van der Waals surface area contributed by atoms with Crippen LogP contribution in [0.15, 0.2) is 65.6 Å². The van der Waals surface area contributed by atoms with E-state index in [0.29, 0.717) is 11.3 Å². The van der Waals surface area contributed by atoms with E-state index in [-0.39, 0.29) is 32.1 Å². The molecule has 2 aromatic carbocycles. The van der Waals surface area contributed by atoms with Gasteiger partial charge in [0.2, 0.25) is 5.43 Å². The number of aromatic nitrogens is 1. The average Bonchev–Trinajstić information content (AvgIpc) is 2.80. The minimum absolute atomic E-state index is 0.0166. The molecule has 0 fully saturated rings. The SMILES string of the molecule is O=C(O)c1cn2c(c(O)c1=O)C(=O)N(Cc1ccc(F)cc1)CN2CCOc1ccccc1. The normalized spacial score (nSPS) is 13.1. The number of ether oxygens (including phenoxy) is 1. The summed E-state index contributed by atoms with van der Waals surface area (Å²) >= 11 is 0. The van der Waals surface area contributed by atoms with Crippen molar-refractivity contribution in [1.82, 2.24) is 9.58 Å². The summed E-state index contributed by atoms with van der Waals surface area (Å²) in [6.07, 6.45) is 1.02. The van der Waals surface area contributed by atoms with Gasteiger partial charge in [-0.15, -0.1) is 0 Å². The van der Waals surface area contributed by atoms with Gasteiger partial charge in [-0.3, -0.25) is 19.3 Å². The number of aromatic carboxylic acids is 1. The Bertz CT molecular complexity index is 1240. The van der Waals surface area contributed by atoms with Crippen molar-refractivity contribution in [2.75, 3.05) is 24.8 Å². The highest BCUT2D eigenvalue weighted by atomic mass is 19.1. The van der Waals surface area contributed by atoms with Gasteiger partial charge < -0.3 is 19.8 Å². The molecule has 3 aromatic rings. The number of nitrogens with zero attached hydrogens (tertiary/aromatic N) is 3. The van der Waals surface area contributed by atoms with E-state index in [1.54, 1.807) is 17.1 Å². The van der Waals surface area contributed by atoms with Crippen LogP contribution in [0.1, 0.15) is 26.4 Å². The number of carboxylic acids is 1. The van der Waals surface area contributed by atoms with Gasteiger partial charge in [-0.2, -0.15) is 0 Å². The summed E-state index contributed by atoms with van der Waals surface area (Å²) in [4.78, 5) is 38.3. The van der Waals surface area contributed by atoms with Crippen LogP contribution in [0.5, 0.6) is 11.5 Å². The lowest BCUT2D eigenvalue weighted by molar-refractivity contribution is 0.0653. The van der Waals surface area contributed by atoms with Gasteiger partial charge in [-0.1, -0.05) is 30.3 Å². The fraction of sp³-hybridized carbons (Fsp3) is 0.174. The molecule has 0 aliphatic carbocycles. The Balaban J connectivity index is 1.67. The third-order valence-corrected chi connectivity index (χ3v) is 5.17. The number of fused-ring (bicyclic) bond motifs is 1. The predicted octanol–water partition coefficient (Wildman–Crippen LogP) is 2.02. The molecular weight excluding hydrogens is 433 g/mol. The van der Waals surface area contributed by atoms with Crippen molar-refractivity contribution in [3.8, 4) is 11.5 Å². The molecule has 1 aliphatic rings. The first-order valence-electron chi connectivity index (χ1n) is 10.0. The first-order valence-corrected chi connectivity index (χ1v) is 10.0. The van der Waals surface area contributed by atoms with E-state index in [1.807, 2.05) is 18.2 Å². The molecule has 10 heteroatoms. The van der Waals surface area contributed by atoms with Crippen LogP contribution in [-0.4, -0.2) is 51.5 Å². The summed E-state index contributed by atoms with van der Waals surface area (Å²) in [5.74, 6) is -2.92. The van der Waals surface area contributed by atoms with Gasteiger partial charge in [0, 0.05) is 12.7 Å². The Morgan fingerprint density at radius 3 is 2.42 bits per heavy atom. The van der Waals surface area contributed by atoms with Crippen LogP contribution in [0.25, 0.3) is 0 Å². The molecule has 0 bridgehead atoms. The van der Waals surface area contributed by atoms with E-state index in [0.717, 1.165) is 6.20 Å². The highest BCUT2D eigenvalue weighted by Crippen LogP contribution is 2.23. The molecule has 1 aliphatic heterocycles. The number of rotatable bonds is 7. The van der Waals surface area contributed by atoms with Crippen LogP contribution in [0.3, 0.4) is 0 Å². The van der Waals surface area contributed by atoms with Gasteiger partial charge in [0.15, 0.2) is 11.4 Å². The smallest absolute Gasteiger partial charge is 0.341 e. The molecule has 0 unspecified atom stereocenters. The summed E-state index contributed by atoms with van der Waals surface area (Å²) < 4.78 is 20.1. The van der Waals surface area contributed by atoms with Crippen molar-refractivity contribution >= 4 is 11.9 Å². The fourth-order valence-corrected chi connectivity index (χ4v) is 3.54. The maximum Gasteiger partial charge on any atom is 0.341 e. The van der Waals surface area contributed by atoms with Gasteiger partial charge in [-0.25, -0.2) is 9.18 Å². The van der Waals surface area contributed by atoms with E-state index >= 15 is 0 Å². The number of hydrogen-bond donors (Lipinski definition) is 2. The van der Waals surface area contributed by atoms with E-state index in [1.165, 1.54) is 33.8 Å². The molecule has 33 heavy (non-hydrogen) atoms. The Kier molecular flexibility index (Phi) is 5.99. The standard InChI is InChI=1S/C23H20FN3O6/c24-16-8-6-15(7-9-16)12-25-14-26(10-11-33-17-4-2-1-3-5-17)27-13-18(23(31)32)20(28)21(29)19(27)22(25)30/h1-9,13,29H,10-12,14H2,(H,31,32). The second-order valence-corrected chi connectivity index (χ2v) is 7.38. The Labute approximate surface area is 187 Å². The molecule has 0 saturated carbocycles. The number of hydrogen-bond acceptors (Lipinski definition) is 6. The molecule has 2 N–H and O–H groups in total. The molecule has 170 valence electrons. The van der Waals surface area contributed by atoms with E-state index in [4.69, 9.17) is 4.74 Å². The maximum atomic E-state index is 13.3. The lowest BCUT2D eigenvalue weighted by Gasteiger charge is -2.39. The molecule has 0 radical (unpaired) electrons. The van der Waals surface area contributed by atoms with Gasteiger partial charge in [0.05, 0.1) is 6.54 Å². The number of aromatic hydroxyl groups is 1. The number of carbonyl (C=O) groups is 2. The van der Waals surface area contributed by atoms with Gasteiger partial charge >= 0.3 is 5.97 Å².